The summed E-state index contributed by atoms with van der Waals surface area (Å²) in [5.74, 6) is 0. The van der Waals surface area contributed by atoms with E-state index in [4.69, 9.17) is 5.73 Å². The van der Waals surface area contributed by atoms with Crippen LogP contribution in [0.4, 0.5) is 5.69 Å². The molecule has 1 aromatic rings. The van der Waals surface area contributed by atoms with Crippen LogP contribution in [-0.4, -0.2) is 32.8 Å². The van der Waals surface area contributed by atoms with Crippen molar-refractivity contribution in [3.63, 3.8) is 0 Å². The summed E-state index contributed by atoms with van der Waals surface area (Å²) < 4.78 is 4.68. The summed E-state index contributed by atoms with van der Waals surface area (Å²) in [7, 11) is 2.09. The maximum Gasteiger partial charge on any atom is 0.282 e. The summed E-state index contributed by atoms with van der Waals surface area (Å²) in [5, 5.41) is 0. The van der Waals surface area contributed by atoms with Gasteiger partial charge in [-0.05, 0) is 19.1 Å². The molecule has 0 aliphatic carbocycles. The van der Waals surface area contributed by atoms with Gasteiger partial charge in [0.2, 0.25) is 0 Å². The molecule has 0 radical (unpaired) electrons. The summed E-state index contributed by atoms with van der Waals surface area (Å²) in [6.45, 7) is 4.59. The number of benzene rings is 1. The Morgan fingerprint density at radius 2 is 2.06 bits per heavy atom. The molecule has 88 valence electrons. The van der Waals surface area contributed by atoms with Crippen LogP contribution in [0.5, 0.6) is 0 Å². The Morgan fingerprint density at radius 3 is 2.44 bits per heavy atom. The standard InChI is InChI=1S/C9H13N.C3H6N2O/c1-3-10(2)9-7-5-4-6-8-9;4-3-5-1-2-6-3/h4-8H,3H2,1-2H3;1-2H2,(H2,4,5). The van der Waals surface area contributed by atoms with E-state index in [2.05, 4.69) is 52.9 Å². The maximum atomic E-state index is 5.06. The number of nitrogens with two attached hydrogens (primary N) is 1. The number of hydrogen-bond donors (Lipinski definition) is 1. The first-order valence-electron chi connectivity index (χ1n) is 5.43. The van der Waals surface area contributed by atoms with Gasteiger partial charge >= 0.3 is 0 Å². The fourth-order valence-electron chi connectivity index (χ4n) is 1.22. The number of nitrogens with zero attached hydrogens (tertiary/aromatic N) is 2. The van der Waals surface area contributed by atoms with E-state index in [9.17, 15) is 0 Å². The van der Waals surface area contributed by atoms with Crippen LogP contribution in [0.15, 0.2) is 35.3 Å². The minimum absolute atomic E-state index is 0.329. The van der Waals surface area contributed by atoms with Gasteiger partial charge in [-0.25, -0.2) is 4.99 Å². The average molecular weight is 221 g/mol. The lowest BCUT2D eigenvalue weighted by Crippen LogP contribution is -2.15. The second kappa shape index (κ2) is 6.71. The van der Waals surface area contributed by atoms with Crippen molar-refractivity contribution in [2.45, 2.75) is 6.92 Å². The molecular weight excluding hydrogens is 202 g/mol. The Bertz CT molecular complexity index is 324. The normalized spacial score (nSPS) is 13.2. The van der Waals surface area contributed by atoms with Crippen LogP contribution >= 0.6 is 0 Å². The predicted octanol–water partition coefficient (Wildman–Crippen LogP) is 1.47. The summed E-state index contributed by atoms with van der Waals surface area (Å²) in [4.78, 5) is 5.92. The van der Waals surface area contributed by atoms with E-state index in [-0.39, 0.29) is 0 Å². The largest absolute Gasteiger partial charge is 0.463 e. The first kappa shape index (κ1) is 12.4. The summed E-state index contributed by atoms with van der Waals surface area (Å²) in [5.41, 5.74) is 6.34. The number of amidine groups is 1. The lowest BCUT2D eigenvalue weighted by molar-refractivity contribution is 0.342. The van der Waals surface area contributed by atoms with Crippen molar-refractivity contribution in [2.24, 2.45) is 10.7 Å². The first-order valence-corrected chi connectivity index (χ1v) is 5.43. The number of para-hydroxylation sites is 1. The van der Waals surface area contributed by atoms with Gasteiger partial charge < -0.3 is 15.4 Å². The quantitative estimate of drug-likeness (QED) is 0.823. The minimum atomic E-state index is 0.329. The molecule has 0 unspecified atom stereocenters. The SMILES string of the molecule is CCN(C)c1ccccc1.NC1=NCCO1. The molecule has 4 nitrogen and oxygen atoms in total. The number of rotatable bonds is 2. The third-order valence-electron chi connectivity index (χ3n) is 2.28. The molecule has 0 saturated carbocycles. The number of aliphatic imine (C=N–C) groups is 1. The minimum Gasteiger partial charge on any atom is -0.463 e. The summed E-state index contributed by atoms with van der Waals surface area (Å²) >= 11 is 0. The molecule has 0 atom stereocenters. The summed E-state index contributed by atoms with van der Waals surface area (Å²) in [6.07, 6.45) is 0. The van der Waals surface area contributed by atoms with Gasteiger partial charge in [0.1, 0.15) is 6.61 Å². The van der Waals surface area contributed by atoms with Crippen LogP contribution in [0.1, 0.15) is 6.92 Å². The zero-order valence-electron chi connectivity index (χ0n) is 9.89. The molecule has 0 fully saturated rings. The van der Waals surface area contributed by atoms with E-state index in [1.165, 1.54) is 5.69 Å². The van der Waals surface area contributed by atoms with Gasteiger partial charge in [-0.1, -0.05) is 18.2 Å². The molecule has 4 heteroatoms. The fourth-order valence-corrected chi connectivity index (χ4v) is 1.22. The molecule has 0 aromatic heterocycles. The Kier molecular flexibility index (Phi) is 5.19. The van der Waals surface area contributed by atoms with E-state index in [0.29, 0.717) is 12.6 Å². The second-order valence-corrected chi connectivity index (χ2v) is 3.42. The molecule has 1 heterocycles. The highest BCUT2D eigenvalue weighted by Crippen LogP contribution is 2.09. The molecule has 0 amide bonds. The smallest absolute Gasteiger partial charge is 0.282 e. The van der Waals surface area contributed by atoms with Gasteiger partial charge in [-0.15, -0.1) is 0 Å². The van der Waals surface area contributed by atoms with E-state index in [1.54, 1.807) is 0 Å². The van der Waals surface area contributed by atoms with Gasteiger partial charge in [-0.2, -0.15) is 0 Å². The van der Waals surface area contributed by atoms with Crippen molar-refractivity contribution in [2.75, 3.05) is 31.6 Å². The molecule has 0 saturated heterocycles. The van der Waals surface area contributed by atoms with Gasteiger partial charge in [0, 0.05) is 19.3 Å². The Labute approximate surface area is 96.7 Å². The Morgan fingerprint density at radius 1 is 1.38 bits per heavy atom. The number of anilines is 1. The lowest BCUT2D eigenvalue weighted by Gasteiger charge is -2.15. The first-order chi connectivity index (χ1) is 7.74. The Balaban J connectivity index is 0.000000181. The molecule has 1 aromatic carbocycles. The predicted molar refractivity (Wildman–Crippen MR) is 67.8 cm³/mol. The summed E-state index contributed by atoms with van der Waals surface area (Å²) in [6, 6.07) is 10.7. The van der Waals surface area contributed by atoms with Crippen LogP contribution in [0.2, 0.25) is 0 Å². The molecule has 16 heavy (non-hydrogen) atoms. The van der Waals surface area contributed by atoms with Gasteiger partial charge in [-0.3, -0.25) is 0 Å². The number of ether oxygens (including phenoxy) is 1. The van der Waals surface area contributed by atoms with Gasteiger partial charge in [0.25, 0.3) is 6.02 Å². The molecule has 1 aliphatic rings. The van der Waals surface area contributed by atoms with Crippen molar-refractivity contribution >= 4 is 11.7 Å². The van der Waals surface area contributed by atoms with Crippen LogP contribution in [0.3, 0.4) is 0 Å². The molecule has 2 N–H and O–H groups in total. The third kappa shape index (κ3) is 4.21. The van der Waals surface area contributed by atoms with Crippen LogP contribution < -0.4 is 10.6 Å². The van der Waals surface area contributed by atoms with Crippen molar-refractivity contribution in [1.82, 2.24) is 0 Å². The molecule has 0 spiro atoms. The highest BCUT2D eigenvalue weighted by molar-refractivity contribution is 5.72. The zero-order chi connectivity index (χ0) is 11.8. The molecular formula is C12H19N3O. The van der Waals surface area contributed by atoms with E-state index >= 15 is 0 Å². The topological polar surface area (TPSA) is 50.8 Å². The monoisotopic (exact) mass is 221 g/mol. The molecule has 2 rings (SSSR count). The highest BCUT2D eigenvalue weighted by atomic mass is 16.5. The molecule has 1 aliphatic heterocycles. The van der Waals surface area contributed by atoms with Crippen LogP contribution in [0.25, 0.3) is 0 Å². The van der Waals surface area contributed by atoms with Gasteiger partial charge in [0.15, 0.2) is 0 Å². The third-order valence-corrected chi connectivity index (χ3v) is 2.28. The van der Waals surface area contributed by atoms with Crippen molar-refractivity contribution < 1.29 is 4.74 Å². The van der Waals surface area contributed by atoms with Crippen LogP contribution in [-0.2, 0) is 4.74 Å². The number of hydrogen-bond acceptors (Lipinski definition) is 4. The van der Waals surface area contributed by atoms with Crippen molar-refractivity contribution in [1.29, 1.82) is 0 Å². The fraction of sp³-hybridized carbons (Fsp3) is 0.417. The van der Waals surface area contributed by atoms with Crippen molar-refractivity contribution in [3.05, 3.63) is 30.3 Å². The highest BCUT2D eigenvalue weighted by Gasteiger charge is 1.97. The van der Waals surface area contributed by atoms with Crippen molar-refractivity contribution in [3.8, 4) is 0 Å². The second-order valence-electron chi connectivity index (χ2n) is 3.42. The average Bonchev–Trinajstić information content (AvgIpc) is 2.81. The van der Waals surface area contributed by atoms with E-state index in [1.807, 2.05) is 6.07 Å². The lowest BCUT2D eigenvalue weighted by atomic mass is 10.3. The van der Waals surface area contributed by atoms with Crippen LogP contribution in [0, 0.1) is 0 Å². The van der Waals surface area contributed by atoms with Gasteiger partial charge in [0.05, 0.1) is 6.54 Å². The van der Waals surface area contributed by atoms with E-state index in [0.717, 1.165) is 13.1 Å². The van der Waals surface area contributed by atoms with E-state index < -0.39 is 0 Å². The zero-order valence-corrected chi connectivity index (χ0v) is 9.89. The Hall–Kier alpha value is -1.71. The maximum absolute atomic E-state index is 5.06. The molecule has 0 bridgehead atoms.